The van der Waals surface area contributed by atoms with Crippen molar-refractivity contribution in [3.63, 3.8) is 0 Å². The van der Waals surface area contributed by atoms with Gasteiger partial charge in [-0.2, -0.15) is 5.26 Å². The average molecular weight is 514 g/mol. The second kappa shape index (κ2) is 10.2. The largest absolute Gasteiger partial charge is 0.493 e. The van der Waals surface area contributed by atoms with Crippen LogP contribution in [0, 0.1) is 11.3 Å². The first kappa shape index (κ1) is 24.9. The lowest BCUT2D eigenvalue weighted by atomic mass is 9.75. The van der Waals surface area contributed by atoms with Gasteiger partial charge in [-0.05, 0) is 30.5 Å². The lowest BCUT2D eigenvalue weighted by Gasteiger charge is -2.38. The number of nitrogens with two attached hydrogens (primary N) is 1. The molecule has 1 aromatic heterocycles. The van der Waals surface area contributed by atoms with E-state index in [1.807, 2.05) is 0 Å². The van der Waals surface area contributed by atoms with Crippen molar-refractivity contribution in [2.45, 2.75) is 48.6 Å². The van der Waals surface area contributed by atoms with Crippen molar-refractivity contribution in [1.82, 2.24) is 10.2 Å². The van der Waals surface area contributed by atoms with Gasteiger partial charge in [-0.25, -0.2) is 0 Å². The molecule has 9 nitrogen and oxygen atoms in total. The summed E-state index contributed by atoms with van der Waals surface area (Å²) in [7, 11) is 4.58. The number of anilines is 1. The molecule has 35 heavy (non-hydrogen) atoms. The fourth-order valence-electron chi connectivity index (χ4n) is 4.45. The van der Waals surface area contributed by atoms with Crippen LogP contribution in [0.2, 0.25) is 0 Å². The fraction of sp³-hybridized carbons (Fsp3) is 0.417. The third kappa shape index (κ3) is 4.44. The number of rotatable bonds is 7. The fourth-order valence-corrected chi connectivity index (χ4v) is 6.55. The van der Waals surface area contributed by atoms with Crippen LogP contribution in [-0.4, -0.2) is 42.6 Å². The number of nitrogens with zero attached hydrogens (tertiary/aromatic N) is 4. The number of aromatic nitrogens is 2. The summed E-state index contributed by atoms with van der Waals surface area (Å²) in [6.07, 6.45) is 1.72. The summed E-state index contributed by atoms with van der Waals surface area (Å²) >= 11 is 3.00. The Labute approximate surface area is 212 Å². The number of nitriles is 1. The van der Waals surface area contributed by atoms with E-state index in [0.717, 1.165) is 10.0 Å². The van der Waals surface area contributed by atoms with Crippen molar-refractivity contribution in [2.75, 3.05) is 26.2 Å². The number of hydrogen-bond donors (Lipinski definition) is 1. The second-order valence-electron chi connectivity index (χ2n) is 8.29. The smallest absolute Gasteiger partial charge is 0.219 e. The Hall–Kier alpha value is -3.23. The Morgan fingerprint density at radius 2 is 1.86 bits per heavy atom. The zero-order valence-electron chi connectivity index (χ0n) is 20.2. The summed E-state index contributed by atoms with van der Waals surface area (Å²) in [6.45, 7) is 4.16. The Kier molecular flexibility index (Phi) is 7.23. The van der Waals surface area contributed by atoms with E-state index in [0.29, 0.717) is 58.0 Å². The molecule has 2 N–H and O–H groups in total. The normalized spacial score (nSPS) is 18.0. The summed E-state index contributed by atoms with van der Waals surface area (Å²) in [5, 5.41) is 19.8. The van der Waals surface area contributed by atoms with Crippen molar-refractivity contribution in [3.8, 4) is 23.3 Å². The number of carbonyl (C=O) groups excluding carboxylic acids is 1. The Morgan fingerprint density at radius 3 is 2.43 bits per heavy atom. The molecule has 0 fully saturated rings. The molecule has 1 unspecified atom stereocenters. The zero-order valence-corrected chi connectivity index (χ0v) is 21.9. The van der Waals surface area contributed by atoms with Crippen LogP contribution >= 0.6 is 23.1 Å². The lowest BCUT2D eigenvalue weighted by Crippen LogP contribution is -2.38. The number of ether oxygens (including phenoxy) is 3. The van der Waals surface area contributed by atoms with E-state index >= 15 is 0 Å². The third-order valence-electron chi connectivity index (χ3n) is 5.86. The topological polar surface area (TPSA) is 124 Å². The second-order valence-corrected chi connectivity index (χ2v) is 11.1. The minimum atomic E-state index is -0.662. The molecular formula is C24H27N5O4S2. The predicted octanol–water partition coefficient (Wildman–Crippen LogP) is 4.37. The maximum atomic E-state index is 13.4. The highest BCUT2D eigenvalue weighted by atomic mass is 32.2. The van der Waals surface area contributed by atoms with Gasteiger partial charge in [0.2, 0.25) is 10.9 Å². The Morgan fingerprint density at radius 1 is 1.17 bits per heavy atom. The van der Waals surface area contributed by atoms with Gasteiger partial charge < -0.3 is 19.9 Å². The van der Waals surface area contributed by atoms with Crippen LogP contribution in [-0.2, 0) is 4.79 Å². The van der Waals surface area contributed by atoms with Crippen molar-refractivity contribution in [1.29, 1.82) is 5.26 Å². The molecule has 11 heteroatoms. The van der Waals surface area contributed by atoms with Crippen LogP contribution < -0.4 is 24.8 Å². The van der Waals surface area contributed by atoms with Gasteiger partial charge in [0.25, 0.3) is 0 Å². The van der Waals surface area contributed by atoms with E-state index in [2.05, 4.69) is 30.1 Å². The first-order valence-corrected chi connectivity index (χ1v) is 12.8. The number of allylic oxidation sites excluding steroid dienone is 3. The van der Waals surface area contributed by atoms with Gasteiger partial charge in [0, 0.05) is 22.9 Å². The van der Waals surface area contributed by atoms with Crippen molar-refractivity contribution >= 4 is 34.0 Å². The van der Waals surface area contributed by atoms with Crippen LogP contribution in [0.5, 0.6) is 17.2 Å². The molecule has 4 rings (SSSR count). The van der Waals surface area contributed by atoms with Gasteiger partial charge in [-0.3, -0.25) is 9.69 Å². The number of thioether (sulfide) groups is 1. The maximum Gasteiger partial charge on any atom is 0.219 e. The predicted molar refractivity (Wildman–Crippen MR) is 135 cm³/mol. The molecule has 0 bridgehead atoms. The van der Waals surface area contributed by atoms with Crippen LogP contribution in [0.25, 0.3) is 0 Å². The van der Waals surface area contributed by atoms with Gasteiger partial charge >= 0.3 is 0 Å². The van der Waals surface area contributed by atoms with Gasteiger partial charge in [0.1, 0.15) is 5.82 Å². The summed E-state index contributed by atoms with van der Waals surface area (Å²) < 4.78 is 17.3. The Bertz CT molecular complexity index is 1240. The SMILES string of the molecule is COc1cc(C2C(C#N)=C(N)N(c3nnc(SC(C)C)s3)C3=C2C(=O)CCC3)cc(OC)c1OC. The number of ketones is 1. The summed E-state index contributed by atoms with van der Waals surface area (Å²) in [5.74, 6) is 0.869. The van der Waals surface area contributed by atoms with Crippen LogP contribution in [0.3, 0.4) is 0 Å². The molecule has 0 radical (unpaired) electrons. The van der Waals surface area contributed by atoms with Crippen LogP contribution in [0.15, 0.2) is 39.1 Å². The first-order valence-electron chi connectivity index (χ1n) is 11.1. The molecule has 1 aromatic carbocycles. The van der Waals surface area contributed by atoms with Crippen molar-refractivity contribution in [2.24, 2.45) is 5.73 Å². The molecule has 0 spiro atoms. The van der Waals surface area contributed by atoms with E-state index in [9.17, 15) is 10.1 Å². The number of carbonyl (C=O) groups is 1. The van der Waals surface area contributed by atoms with Gasteiger partial charge in [0.15, 0.2) is 21.6 Å². The molecule has 2 heterocycles. The average Bonchev–Trinajstić information content (AvgIpc) is 3.29. The summed E-state index contributed by atoms with van der Waals surface area (Å²) in [5.41, 5.74) is 8.87. The molecule has 1 aliphatic carbocycles. The molecule has 0 amide bonds. The minimum Gasteiger partial charge on any atom is -0.493 e. The highest BCUT2D eigenvalue weighted by molar-refractivity contribution is 8.01. The minimum absolute atomic E-state index is 0.0171. The molecule has 1 atom stereocenters. The quantitative estimate of drug-likeness (QED) is 0.534. The van der Waals surface area contributed by atoms with Gasteiger partial charge in [0.05, 0.1) is 38.9 Å². The molecule has 2 aliphatic rings. The van der Waals surface area contributed by atoms with E-state index in [-0.39, 0.29) is 17.2 Å². The number of hydrogen-bond acceptors (Lipinski definition) is 11. The lowest BCUT2D eigenvalue weighted by molar-refractivity contribution is -0.116. The van der Waals surface area contributed by atoms with Crippen molar-refractivity contribution in [3.05, 3.63) is 40.4 Å². The first-order chi connectivity index (χ1) is 16.8. The van der Waals surface area contributed by atoms with Crippen LogP contribution in [0.1, 0.15) is 44.6 Å². The number of methoxy groups -OCH3 is 3. The monoisotopic (exact) mass is 513 g/mol. The molecule has 0 saturated heterocycles. The molecule has 2 aromatic rings. The van der Waals surface area contributed by atoms with Gasteiger partial charge in [-0.1, -0.05) is 36.9 Å². The number of benzene rings is 1. The molecule has 0 saturated carbocycles. The zero-order chi connectivity index (χ0) is 25.3. The summed E-state index contributed by atoms with van der Waals surface area (Å²) in [4.78, 5) is 15.1. The number of Topliss-reactive ketones (excluding diaryl/α,β-unsaturated/α-hetero) is 1. The standard InChI is InChI=1S/C24H27N5O4S2/c1-12(2)34-24-28-27-23(35-24)29-15-7-6-8-16(30)20(15)19(14(11-25)22(29)26)13-9-17(31-3)21(33-5)18(10-13)32-4/h9-10,12,19H,6-8,26H2,1-5H3. The highest BCUT2D eigenvalue weighted by Crippen LogP contribution is 2.50. The molecule has 184 valence electrons. The van der Waals surface area contributed by atoms with E-state index in [4.69, 9.17) is 19.9 Å². The van der Waals surface area contributed by atoms with E-state index in [1.54, 1.807) is 28.8 Å². The van der Waals surface area contributed by atoms with E-state index < -0.39 is 5.92 Å². The Balaban J connectivity index is 1.92. The molecule has 1 aliphatic heterocycles. The van der Waals surface area contributed by atoms with Crippen molar-refractivity contribution < 1.29 is 19.0 Å². The van der Waals surface area contributed by atoms with Crippen LogP contribution in [0.4, 0.5) is 5.13 Å². The summed E-state index contributed by atoms with van der Waals surface area (Å²) in [6, 6.07) is 5.79. The third-order valence-corrected chi connectivity index (χ3v) is 7.85. The molecular weight excluding hydrogens is 486 g/mol. The highest BCUT2D eigenvalue weighted by Gasteiger charge is 2.42. The maximum absolute atomic E-state index is 13.4. The van der Waals surface area contributed by atoms with Gasteiger partial charge in [-0.15, -0.1) is 10.2 Å². The van der Waals surface area contributed by atoms with E-state index in [1.165, 1.54) is 32.7 Å².